The molecule has 0 aliphatic heterocycles. The van der Waals surface area contributed by atoms with Crippen LogP contribution in [0.4, 0.5) is 5.69 Å². The van der Waals surface area contributed by atoms with Crippen LogP contribution in [-0.4, -0.2) is 12.5 Å². The number of carbonyl (C=O) groups excluding carboxylic acids is 1. The number of nitrogens with one attached hydrogen (secondary N) is 2. The van der Waals surface area contributed by atoms with E-state index in [2.05, 4.69) is 10.6 Å². The molecule has 0 fully saturated rings. The second kappa shape index (κ2) is 7.55. The summed E-state index contributed by atoms with van der Waals surface area (Å²) in [5.41, 5.74) is 1.61. The lowest BCUT2D eigenvalue weighted by molar-refractivity contribution is -0.119. The highest BCUT2D eigenvalue weighted by atomic mass is 35.5. The molecule has 3 nitrogen and oxygen atoms in total. The maximum Gasteiger partial charge on any atom is 0.239 e. The molecule has 0 bridgehead atoms. The van der Waals surface area contributed by atoms with E-state index in [1.807, 2.05) is 18.2 Å². The lowest BCUT2D eigenvalue weighted by atomic mass is 10.2. The largest absolute Gasteiger partial charge is 0.376 e. The molecule has 110 valence electrons. The fourth-order valence-electron chi connectivity index (χ4n) is 1.69. The number of anilines is 1. The van der Waals surface area contributed by atoms with Gasteiger partial charge in [0, 0.05) is 17.3 Å². The van der Waals surface area contributed by atoms with Gasteiger partial charge in [-0.2, -0.15) is 0 Å². The minimum Gasteiger partial charge on any atom is -0.376 e. The Hall–Kier alpha value is -1.42. The van der Waals surface area contributed by atoms with Gasteiger partial charge in [-0.25, -0.2) is 0 Å². The number of halogens is 3. The zero-order chi connectivity index (χ0) is 15.2. The second-order valence-electron chi connectivity index (χ2n) is 4.35. The Labute approximate surface area is 138 Å². The van der Waals surface area contributed by atoms with Crippen LogP contribution in [0.25, 0.3) is 0 Å². The number of benzene rings is 2. The highest BCUT2D eigenvalue weighted by molar-refractivity contribution is 6.42. The molecule has 0 unspecified atom stereocenters. The minimum atomic E-state index is -0.138. The van der Waals surface area contributed by atoms with Crippen molar-refractivity contribution < 1.29 is 4.79 Å². The van der Waals surface area contributed by atoms with E-state index in [1.54, 1.807) is 24.3 Å². The first-order valence-corrected chi connectivity index (χ1v) is 7.38. The standard InChI is InChI=1S/C15H13Cl3N2O/c16-12-4-2-1-3-10(12)8-20-15(21)9-19-11-5-6-13(17)14(18)7-11/h1-7,19H,8-9H2,(H,20,21). The van der Waals surface area contributed by atoms with Gasteiger partial charge < -0.3 is 10.6 Å². The average Bonchev–Trinajstić information content (AvgIpc) is 2.47. The van der Waals surface area contributed by atoms with Crippen molar-refractivity contribution in [3.8, 4) is 0 Å². The SMILES string of the molecule is O=C(CNc1ccc(Cl)c(Cl)c1)NCc1ccccc1Cl. The molecule has 0 saturated heterocycles. The first-order valence-electron chi connectivity index (χ1n) is 6.25. The van der Waals surface area contributed by atoms with Crippen molar-refractivity contribution in [3.63, 3.8) is 0 Å². The van der Waals surface area contributed by atoms with Gasteiger partial charge in [0.2, 0.25) is 5.91 Å². The Bertz CT molecular complexity index is 647. The molecule has 2 N–H and O–H groups in total. The molecule has 0 heterocycles. The molecule has 2 rings (SSSR count). The predicted octanol–water partition coefficient (Wildman–Crippen LogP) is 4.38. The van der Waals surface area contributed by atoms with E-state index >= 15 is 0 Å². The number of hydrogen-bond acceptors (Lipinski definition) is 2. The summed E-state index contributed by atoms with van der Waals surface area (Å²) in [6.07, 6.45) is 0. The van der Waals surface area contributed by atoms with Crippen LogP contribution < -0.4 is 10.6 Å². The molecule has 2 aromatic rings. The molecule has 1 amide bonds. The quantitative estimate of drug-likeness (QED) is 0.846. The number of hydrogen-bond donors (Lipinski definition) is 2. The summed E-state index contributed by atoms with van der Waals surface area (Å²) in [5.74, 6) is -0.138. The van der Waals surface area contributed by atoms with Gasteiger partial charge >= 0.3 is 0 Å². The minimum absolute atomic E-state index is 0.138. The molecule has 0 aromatic heterocycles. The summed E-state index contributed by atoms with van der Waals surface area (Å²) in [6.45, 7) is 0.532. The summed E-state index contributed by atoms with van der Waals surface area (Å²) < 4.78 is 0. The Morgan fingerprint density at radius 3 is 2.43 bits per heavy atom. The Kier molecular flexibility index (Phi) is 5.74. The van der Waals surface area contributed by atoms with E-state index in [9.17, 15) is 4.79 Å². The van der Waals surface area contributed by atoms with Crippen LogP contribution in [-0.2, 0) is 11.3 Å². The number of amides is 1. The lowest BCUT2D eigenvalue weighted by Crippen LogP contribution is -2.29. The third-order valence-electron chi connectivity index (χ3n) is 2.81. The first-order chi connectivity index (χ1) is 10.1. The monoisotopic (exact) mass is 342 g/mol. The van der Waals surface area contributed by atoms with Crippen molar-refractivity contribution in [2.75, 3.05) is 11.9 Å². The van der Waals surface area contributed by atoms with Crippen molar-refractivity contribution >= 4 is 46.4 Å². The molecule has 2 aromatic carbocycles. The fraction of sp³-hybridized carbons (Fsp3) is 0.133. The lowest BCUT2D eigenvalue weighted by Gasteiger charge is -2.09. The second-order valence-corrected chi connectivity index (χ2v) is 5.57. The van der Waals surface area contributed by atoms with Gasteiger partial charge in [0.25, 0.3) is 0 Å². The van der Waals surface area contributed by atoms with Crippen molar-refractivity contribution in [1.82, 2.24) is 5.32 Å². The molecule has 21 heavy (non-hydrogen) atoms. The highest BCUT2D eigenvalue weighted by Crippen LogP contribution is 2.24. The first kappa shape index (κ1) is 16.0. The van der Waals surface area contributed by atoms with E-state index in [4.69, 9.17) is 34.8 Å². The molecule has 6 heteroatoms. The Morgan fingerprint density at radius 2 is 1.71 bits per heavy atom. The summed E-state index contributed by atoms with van der Waals surface area (Å²) in [4.78, 5) is 11.8. The zero-order valence-electron chi connectivity index (χ0n) is 11.0. The summed E-state index contributed by atoms with van der Waals surface area (Å²) in [6, 6.07) is 12.5. The summed E-state index contributed by atoms with van der Waals surface area (Å²) in [7, 11) is 0. The van der Waals surface area contributed by atoms with Gasteiger partial charge in [0.1, 0.15) is 0 Å². The molecule has 0 atom stereocenters. The highest BCUT2D eigenvalue weighted by Gasteiger charge is 2.04. The van der Waals surface area contributed by atoms with Crippen molar-refractivity contribution in [3.05, 3.63) is 63.1 Å². The van der Waals surface area contributed by atoms with E-state index in [-0.39, 0.29) is 12.5 Å². The molecule has 0 radical (unpaired) electrons. The Morgan fingerprint density at radius 1 is 0.952 bits per heavy atom. The molecule has 0 aliphatic rings. The van der Waals surface area contributed by atoms with Crippen molar-refractivity contribution in [2.45, 2.75) is 6.54 Å². The van der Waals surface area contributed by atoms with Gasteiger partial charge in [-0.3, -0.25) is 4.79 Å². The normalized spacial score (nSPS) is 10.2. The molecule has 0 saturated carbocycles. The molecular formula is C15H13Cl3N2O. The van der Waals surface area contributed by atoms with Crippen LogP contribution in [0.15, 0.2) is 42.5 Å². The van der Waals surface area contributed by atoms with Gasteiger partial charge in [0.05, 0.1) is 16.6 Å². The van der Waals surface area contributed by atoms with Gasteiger partial charge in [-0.1, -0.05) is 53.0 Å². The molecule has 0 aliphatic carbocycles. The van der Waals surface area contributed by atoms with Crippen LogP contribution in [0.3, 0.4) is 0 Å². The maximum absolute atomic E-state index is 11.8. The van der Waals surface area contributed by atoms with Gasteiger partial charge in [0.15, 0.2) is 0 Å². The topological polar surface area (TPSA) is 41.1 Å². The van der Waals surface area contributed by atoms with Crippen LogP contribution in [0, 0.1) is 0 Å². The van der Waals surface area contributed by atoms with Gasteiger partial charge in [-0.15, -0.1) is 0 Å². The van der Waals surface area contributed by atoms with Crippen LogP contribution >= 0.6 is 34.8 Å². The molecule has 0 spiro atoms. The van der Waals surface area contributed by atoms with E-state index in [0.29, 0.717) is 21.6 Å². The predicted molar refractivity (Wildman–Crippen MR) is 88.3 cm³/mol. The zero-order valence-corrected chi connectivity index (χ0v) is 13.3. The Balaban J connectivity index is 1.82. The van der Waals surface area contributed by atoms with Crippen LogP contribution in [0.5, 0.6) is 0 Å². The van der Waals surface area contributed by atoms with E-state index < -0.39 is 0 Å². The maximum atomic E-state index is 11.8. The summed E-state index contributed by atoms with van der Waals surface area (Å²) in [5, 5.41) is 7.32. The number of rotatable bonds is 5. The van der Waals surface area contributed by atoms with Crippen molar-refractivity contribution in [2.24, 2.45) is 0 Å². The summed E-state index contributed by atoms with van der Waals surface area (Å²) >= 11 is 17.7. The smallest absolute Gasteiger partial charge is 0.239 e. The third-order valence-corrected chi connectivity index (χ3v) is 3.91. The van der Waals surface area contributed by atoms with E-state index in [1.165, 1.54) is 0 Å². The van der Waals surface area contributed by atoms with E-state index in [0.717, 1.165) is 11.3 Å². The number of carbonyl (C=O) groups is 1. The molecular weight excluding hydrogens is 331 g/mol. The van der Waals surface area contributed by atoms with Crippen LogP contribution in [0.1, 0.15) is 5.56 Å². The van der Waals surface area contributed by atoms with Crippen LogP contribution in [0.2, 0.25) is 15.1 Å². The average molecular weight is 344 g/mol. The van der Waals surface area contributed by atoms with Crippen molar-refractivity contribution in [1.29, 1.82) is 0 Å². The third kappa shape index (κ3) is 4.81. The van der Waals surface area contributed by atoms with Gasteiger partial charge in [-0.05, 0) is 29.8 Å². The fourth-order valence-corrected chi connectivity index (χ4v) is 2.19.